The number of hydrogen-bond donors (Lipinski definition) is 2. The van der Waals surface area contributed by atoms with E-state index in [0.717, 1.165) is 16.3 Å². The van der Waals surface area contributed by atoms with Crippen LogP contribution >= 0.6 is 23.4 Å². The summed E-state index contributed by atoms with van der Waals surface area (Å²) in [5, 5.41) is 0.735. The van der Waals surface area contributed by atoms with Crippen LogP contribution in [0.3, 0.4) is 0 Å². The third-order valence-electron chi connectivity index (χ3n) is 2.86. The molecule has 0 radical (unpaired) electrons. The fourth-order valence-electron chi connectivity index (χ4n) is 1.85. The molecule has 0 heterocycles. The van der Waals surface area contributed by atoms with Crippen LogP contribution in [0.2, 0.25) is 5.02 Å². The van der Waals surface area contributed by atoms with Gasteiger partial charge in [0.05, 0.1) is 6.04 Å². The number of nitrogens with one attached hydrogen (secondary N) is 1. The summed E-state index contributed by atoms with van der Waals surface area (Å²) in [5.41, 5.74) is 5.23. The molecule has 4 heteroatoms. The van der Waals surface area contributed by atoms with Crippen molar-refractivity contribution in [2.45, 2.75) is 17.9 Å². The quantitative estimate of drug-likeness (QED) is 0.498. The van der Waals surface area contributed by atoms with Crippen molar-refractivity contribution in [3.05, 3.63) is 64.7 Å². The van der Waals surface area contributed by atoms with Gasteiger partial charge in [0.15, 0.2) is 0 Å². The summed E-state index contributed by atoms with van der Waals surface area (Å²) in [6, 6.07) is 16.3. The Hall–Kier alpha value is -1.00. The van der Waals surface area contributed by atoms with Crippen molar-refractivity contribution >= 4 is 23.4 Å². The number of hydrazine groups is 1. The molecule has 100 valence electrons. The van der Waals surface area contributed by atoms with E-state index in [9.17, 15) is 0 Å². The fraction of sp³-hybridized carbons (Fsp3) is 0.200. The highest BCUT2D eigenvalue weighted by molar-refractivity contribution is 7.99. The fourth-order valence-corrected chi connectivity index (χ4v) is 3.14. The Morgan fingerprint density at radius 2 is 2.00 bits per heavy atom. The highest BCUT2D eigenvalue weighted by atomic mass is 35.5. The molecule has 1 unspecified atom stereocenters. The Morgan fingerprint density at radius 3 is 2.68 bits per heavy atom. The Labute approximate surface area is 123 Å². The van der Waals surface area contributed by atoms with Gasteiger partial charge in [0.1, 0.15) is 0 Å². The van der Waals surface area contributed by atoms with Crippen LogP contribution in [-0.2, 0) is 0 Å². The molecule has 1 atom stereocenters. The summed E-state index contributed by atoms with van der Waals surface area (Å²) in [4.78, 5) is 1.25. The van der Waals surface area contributed by atoms with Gasteiger partial charge >= 0.3 is 0 Å². The van der Waals surface area contributed by atoms with Gasteiger partial charge in [-0.25, -0.2) is 0 Å². The predicted molar refractivity (Wildman–Crippen MR) is 83.4 cm³/mol. The molecule has 2 nitrogen and oxygen atoms in total. The third-order valence-corrected chi connectivity index (χ3v) is 4.18. The van der Waals surface area contributed by atoms with Gasteiger partial charge in [0, 0.05) is 15.7 Å². The van der Waals surface area contributed by atoms with E-state index < -0.39 is 0 Å². The standard InChI is InChI=1S/C15H17ClN2S/c1-11-4-2-7-14(8-11)19-10-15(18-17)12-5-3-6-13(16)9-12/h2-9,15,18H,10,17H2,1H3. The first-order valence-electron chi connectivity index (χ1n) is 6.10. The smallest absolute Gasteiger partial charge is 0.0554 e. The highest BCUT2D eigenvalue weighted by Crippen LogP contribution is 2.26. The largest absolute Gasteiger partial charge is 0.271 e. The van der Waals surface area contributed by atoms with Crippen molar-refractivity contribution in [1.82, 2.24) is 5.43 Å². The van der Waals surface area contributed by atoms with Crippen LogP contribution in [0.5, 0.6) is 0 Å². The van der Waals surface area contributed by atoms with Gasteiger partial charge < -0.3 is 0 Å². The number of halogens is 1. The molecule has 0 spiro atoms. The van der Waals surface area contributed by atoms with Crippen molar-refractivity contribution in [1.29, 1.82) is 0 Å². The van der Waals surface area contributed by atoms with E-state index in [-0.39, 0.29) is 6.04 Å². The van der Waals surface area contributed by atoms with Gasteiger partial charge in [-0.2, -0.15) is 0 Å². The minimum absolute atomic E-state index is 0.0872. The highest BCUT2D eigenvalue weighted by Gasteiger charge is 2.10. The Balaban J connectivity index is 2.04. The van der Waals surface area contributed by atoms with Gasteiger partial charge in [-0.15, -0.1) is 11.8 Å². The third kappa shape index (κ3) is 4.25. The van der Waals surface area contributed by atoms with E-state index in [4.69, 9.17) is 17.4 Å². The van der Waals surface area contributed by atoms with E-state index in [1.165, 1.54) is 10.5 Å². The molecule has 0 aliphatic heterocycles. The van der Waals surface area contributed by atoms with Crippen molar-refractivity contribution in [3.8, 4) is 0 Å². The first-order valence-corrected chi connectivity index (χ1v) is 7.46. The zero-order valence-electron chi connectivity index (χ0n) is 10.8. The van der Waals surface area contributed by atoms with Crippen molar-refractivity contribution in [2.24, 2.45) is 5.84 Å². The van der Waals surface area contributed by atoms with E-state index in [1.807, 2.05) is 24.3 Å². The number of nitrogens with two attached hydrogens (primary N) is 1. The molecule has 0 saturated heterocycles. The van der Waals surface area contributed by atoms with Crippen LogP contribution in [0.15, 0.2) is 53.4 Å². The predicted octanol–water partition coefficient (Wildman–Crippen LogP) is 3.95. The summed E-state index contributed by atoms with van der Waals surface area (Å²) in [6.45, 7) is 2.10. The van der Waals surface area contributed by atoms with Crippen LogP contribution in [0, 0.1) is 6.92 Å². The Kier molecular flexibility index (Phi) is 5.28. The minimum Gasteiger partial charge on any atom is -0.271 e. The molecular weight excluding hydrogens is 276 g/mol. The van der Waals surface area contributed by atoms with Crippen LogP contribution in [0.25, 0.3) is 0 Å². The summed E-state index contributed by atoms with van der Waals surface area (Å²) >= 11 is 7.79. The molecule has 0 amide bonds. The van der Waals surface area contributed by atoms with E-state index in [2.05, 4.69) is 36.6 Å². The molecule has 19 heavy (non-hydrogen) atoms. The van der Waals surface area contributed by atoms with Gasteiger partial charge in [-0.05, 0) is 36.8 Å². The number of aryl methyl sites for hydroxylation is 1. The van der Waals surface area contributed by atoms with Crippen molar-refractivity contribution in [2.75, 3.05) is 5.75 Å². The van der Waals surface area contributed by atoms with E-state index in [0.29, 0.717) is 0 Å². The average Bonchev–Trinajstić information content (AvgIpc) is 2.40. The molecule has 0 aromatic heterocycles. The molecule has 0 saturated carbocycles. The summed E-state index contributed by atoms with van der Waals surface area (Å²) in [5.74, 6) is 6.50. The molecule has 2 rings (SSSR count). The van der Waals surface area contributed by atoms with Crippen LogP contribution in [0.1, 0.15) is 17.2 Å². The van der Waals surface area contributed by atoms with Crippen molar-refractivity contribution < 1.29 is 0 Å². The number of thioether (sulfide) groups is 1. The second kappa shape index (κ2) is 6.96. The van der Waals surface area contributed by atoms with Crippen LogP contribution in [0.4, 0.5) is 0 Å². The first-order chi connectivity index (χ1) is 9.19. The number of hydrogen-bond acceptors (Lipinski definition) is 3. The second-order valence-corrected chi connectivity index (χ2v) is 5.93. The van der Waals surface area contributed by atoms with Crippen LogP contribution in [-0.4, -0.2) is 5.75 Å². The summed E-state index contributed by atoms with van der Waals surface area (Å²) in [7, 11) is 0. The lowest BCUT2D eigenvalue weighted by Gasteiger charge is -2.16. The van der Waals surface area contributed by atoms with Gasteiger partial charge in [-0.3, -0.25) is 11.3 Å². The van der Waals surface area contributed by atoms with Gasteiger partial charge in [0.2, 0.25) is 0 Å². The molecule has 3 N–H and O–H groups in total. The maximum atomic E-state index is 6.01. The normalized spacial score (nSPS) is 12.4. The van der Waals surface area contributed by atoms with Gasteiger partial charge in [0.25, 0.3) is 0 Å². The maximum Gasteiger partial charge on any atom is 0.0554 e. The summed E-state index contributed by atoms with van der Waals surface area (Å²) < 4.78 is 0. The Morgan fingerprint density at radius 1 is 1.21 bits per heavy atom. The minimum atomic E-state index is 0.0872. The maximum absolute atomic E-state index is 6.01. The van der Waals surface area contributed by atoms with E-state index in [1.54, 1.807) is 11.8 Å². The lowest BCUT2D eigenvalue weighted by atomic mass is 10.1. The topological polar surface area (TPSA) is 38.0 Å². The summed E-state index contributed by atoms with van der Waals surface area (Å²) in [6.07, 6.45) is 0. The molecule has 0 aliphatic rings. The number of benzene rings is 2. The zero-order chi connectivity index (χ0) is 13.7. The molecule has 2 aromatic rings. The molecule has 0 fully saturated rings. The average molecular weight is 293 g/mol. The first kappa shape index (κ1) is 14.4. The van der Waals surface area contributed by atoms with Gasteiger partial charge in [-0.1, -0.05) is 41.4 Å². The van der Waals surface area contributed by atoms with Crippen LogP contribution < -0.4 is 11.3 Å². The second-order valence-electron chi connectivity index (χ2n) is 4.40. The lowest BCUT2D eigenvalue weighted by Crippen LogP contribution is -2.29. The molecule has 0 aliphatic carbocycles. The Bertz CT molecular complexity index is 545. The lowest BCUT2D eigenvalue weighted by molar-refractivity contribution is 0.611. The monoisotopic (exact) mass is 292 g/mol. The molecule has 2 aromatic carbocycles. The van der Waals surface area contributed by atoms with Crippen molar-refractivity contribution in [3.63, 3.8) is 0 Å². The molecule has 0 bridgehead atoms. The zero-order valence-corrected chi connectivity index (χ0v) is 12.3. The van der Waals surface area contributed by atoms with E-state index >= 15 is 0 Å². The molecular formula is C15H17ClN2S. The SMILES string of the molecule is Cc1cccc(SCC(NN)c2cccc(Cl)c2)c1. The number of rotatable bonds is 5.